The van der Waals surface area contributed by atoms with Crippen LogP contribution in [-0.4, -0.2) is 26.7 Å². The Morgan fingerprint density at radius 3 is 2.74 bits per heavy atom. The van der Waals surface area contributed by atoms with E-state index in [1.165, 1.54) is 12.1 Å². The summed E-state index contributed by atoms with van der Waals surface area (Å²) in [6.07, 6.45) is 1.59. The van der Waals surface area contributed by atoms with E-state index in [4.69, 9.17) is 0 Å². The number of nitrogens with zero attached hydrogens (tertiary/aromatic N) is 1. The number of hydrogen-bond donors (Lipinski definition) is 1. The van der Waals surface area contributed by atoms with Gasteiger partial charge in [-0.3, -0.25) is 14.3 Å². The van der Waals surface area contributed by atoms with Crippen LogP contribution in [0.1, 0.15) is 18.4 Å². The van der Waals surface area contributed by atoms with E-state index in [2.05, 4.69) is 5.32 Å². The summed E-state index contributed by atoms with van der Waals surface area (Å²) in [7, 11) is -0.727. The van der Waals surface area contributed by atoms with Crippen LogP contribution < -0.4 is 5.32 Å². The van der Waals surface area contributed by atoms with Crippen LogP contribution >= 0.6 is 0 Å². The van der Waals surface area contributed by atoms with Gasteiger partial charge in [0.15, 0.2) is 0 Å². The summed E-state index contributed by atoms with van der Waals surface area (Å²) in [6, 6.07) is 4.38. The molecule has 0 atom stereocenters. The lowest BCUT2D eigenvalue weighted by Crippen LogP contribution is -2.35. The highest BCUT2D eigenvalue weighted by Crippen LogP contribution is 2.20. The van der Waals surface area contributed by atoms with Crippen molar-refractivity contribution in [3.05, 3.63) is 39.7 Å². The Kier molecular flexibility index (Phi) is 4.60. The van der Waals surface area contributed by atoms with Crippen LogP contribution in [0.25, 0.3) is 0 Å². The zero-order chi connectivity index (χ0) is 13.8. The molecule has 5 nitrogen and oxygen atoms in total. The van der Waals surface area contributed by atoms with Crippen LogP contribution in [0.3, 0.4) is 0 Å². The molecule has 7 heteroatoms. The molecule has 104 valence electrons. The third-order valence-corrected chi connectivity index (χ3v) is 4.61. The number of rotatable bonds is 4. The van der Waals surface area contributed by atoms with Gasteiger partial charge in [0.05, 0.1) is 4.92 Å². The van der Waals surface area contributed by atoms with Gasteiger partial charge in [0.2, 0.25) is 5.82 Å². The highest BCUT2D eigenvalue weighted by atomic mass is 32.2. The number of halogens is 1. The Labute approximate surface area is 112 Å². The van der Waals surface area contributed by atoms with Gasteiger partial charge in [-0.05, 0) is 12.8 Å². The SMILES string of the molecule is O=[N+]([O-])c1cccc(CNC2CCS(=O)CC2)c1F. The van der Waals surface area contributed by atoms with Crippen molar-refractivity contribution >= 4 is 16.5 Å². The third-order valence-electron chi connectivity index (χ3n) is 3.22. The van der Waals surface area contributed by atoms with Gasteiger partial charge in [-0.25, -0.2) is 0 Å². The van der Waals surface area contributed by atoms with Gasteiger partial charge >= 0.3 is 5.69 Å². The van der Waals surface area contributed by atoms with Gasteiger partial charge < -0.3 is 5.32 Å². The molecule has 0 saturated carbocycles. The smallest absolute Gasteiger partial charge is 0.305 e. The summed E-state index contributed by atoms with van der Waals surface area (Å²) < 4.78 is 25.0. The van der Waals surface area contributed by atoms with E-state index in [0.717, 1.165) is 18.9 Å². The van der Waals surface area contributed by atoms with E-state index < -0.39 is 27.2 Å². The molecule has 0 amide bonds. The maximum atomic E-state index is 13.8. The van der Waals surface area contributed by atoms with Gasteiger partial charge in [-0.2, -0.15) is 4.39 Å². The van der Waals surface area contributed by atoms with Crippen LogP contribution in [0.5, 0.6) is 0 Å². The van der Waals surface area contributed by atoms with E-state index in [-0.39, 0.29) is 12.6 Å². The first kappa shape index (κ1) is 14.1. The molecule has 1 aliphatic rings. The zero-order valence-electron chi connectivity index (χ0n) is 10.3. The van der Waals surface area contributed by atoms with Crippen LogP contribution in [-0.2, 0) is 17.3 Å². The van der Waals surface area contributed by atoms with Crippen molar-refractivity contribution in [3.8, 4) is 0 Å². The van der Waals surface area contributed by atoms with Crippen LogP contribution in [0.15, 0.2) is 18.2 Å². The van der Waals surface area contributed by atoms with Gasteiger partial charge in [0, 0.05) is 46.5 Å². The molecule has 0 radical (unpaired) electrons. The molecular formula is C12H15FN2O3S. The molecule has 2 rings (SSSR count). The number of nitrogens with one attached hydrogen (secondary N) is 1. The summed E-state index contributed by atoms with van der Waals surface area (Å²) >= 11 is 0. The summed E-state index contributed by atoms with van der Waals surface area (Å²) in [5.74, 6) is 0.545. The first-order valence-electron chi connectivity index (χ1n) is 6.08. The summed E-state index contributed by atoms with van der Waals surface area (Å²) in [6.45, 7) is 0.255. The van der Waals surface area contributed by atoms with Crippen molar-refractivity contribution in [1.82, 2.24) is 5.32 Å². The lowest BCUT2D eigenvalue weighted by molar-refractivity contribution is -0.387. The molecule has 1 heterocycles. The second kappa shape index (κ2) is 6.21. The first-order valence-corrected chi connectivity index (χ1v) is 7.57. The van der Waals surface area contributed by atoms with Crippen molar-refractivity contribution in [2.24, 2.45) is 0 Å². The molecule has 0 spiro atoms. The number of nitro groups is 1. The minimum absolute atomic E-state index is 0.205. The number of benzene rings is 1. The second-order valence-corrected chi connectivity index (χ2v) is 6.21. The molecule has 0 unspecified atom stereocenters. The topological polar surface area (TPSA) is 72.2 Å². The molecule has 19 heavy (non-hydrogen) atoms. The quantitative estimate of drug-likeness (QED) is 0.676. The molecule has 1 N–H and O–H groups in total. The fourth-order valence-corrected chi connectivity index (χ4v) is 3.39. The van der Waals surface area contributed by atoms with Gasteiger partial charge in [0.25, 0.3) is 0 Å². The van der Waals surface area contributed by atoms with E-state index in [9.17, 15) is 18.7 Å². The minimum atomic E-state index is -0.778. The van der Waals surface area contributed by atoms with E-state index in [0.29, 0.717) is 17.1 Å². The highest BCUT2D eigenvalue weighted by Gasteiger charge is 2.20. The normalized spacial score (nSPS) is 23.2. The average Bonchev–Trinajstić information content (AvgIpc) is 2.39. The maximum Gasteiger partial charge on any atom is 0.305 e. The Balaban J connectivity index is 1.98. The van der Waals surface area contributed by atoms with Gasteiger partial charge in [0.1, 0.15) is 0 Å². The predicted octanol–water partition coefficient (Wildman–Crippen LogP) is 1.73. The molecule has 1 saturated heterocycles. The molecule has 1 fully saturated rings. The number of hydrogen-bond acceptors (Lipinski definition) is 4. The van der Waals surface area contributed by atoms with Gasteiger partial charge in [-0.15, -0.1) is 0 Å². The minimum Gasteiger partial charge on any atom is -0.310 e. The zero-order valence-corrected chi connectivity index (χ0v) is 11.1. The summed E-state index contributed by atoms with van der Waals surface area (Å²) in [4.78, 5) is 9.91. The molecule has 1 aromatic carbocycles. The van der Waals surface area contributed by atoms with Crippen molar-refractivity contribution < 1.29 is 13.5 Å². The Hall–Kier alpha value is -1.34. The lowest BCUT2D eigenvalue weighted by atomic mass is 10.1. The summed E-state index contributed by atoms with van der Waals surface area (Å²) in [5.41, 5.74) is -0.204. The molecule has 1 aromatic rings. The van der Waals surface area contributed by atoms with Crippen molar-refractivity contribution in [1.29, 1.82) is 0 Å². The van der Waals surface area contributed by atoms with Crippen LogP contribution in [0.4, 0.5) is 10.1 Å². The Morgan fingerprint density at radius 2 is 2.11 bits per heavy atom. The average molecular weight is 286 g/mol. The second-order valence-electron chi connectivity index (χ2n) is 4.51. The Morgan fingerprint density at radius 1 is 1.42 bits per heavy atom. The standard InChI is InChI=1S/C12H15FN2O3S/c13-12-9(2-1-3-11(12)15(16)17)8-14-10-4-6-19(18)7-5-10/h1-3,10,14H,4-8H2. The van der Waals surface area contributed by atoms with Crippen LogP contribution in [0, 0.1) is 15.9 Å². The molecule has 0 aliphatic carbocycles. The van der Waals surface area contributed by atoms with E-state index in [1.54, 1.807) is 0 Å². The maximum absolute atomic E-state index is 13.8. The fraction of sp³-hybridized carbons (Fsp3) is 0.500. The van der Waals surface area contributed by atoms with Crippen LogP contribution in [0.2, 0.25) is 0 Å². The van der Waals surface area contributed by atoms with Crippen molar-refractivity contribution in [2.75, 3.05) is 11.5 Å². The largest absolute Gasteiger partial charge is 0.310 e. The lowest BCUT2D eigenvalue weighted by Gasteiger charge is -2.22. The molecule has 1 aliphatic heterocycles. The molecule has 0 bridgehead atoms. The Bertz CT molecular complexity index is 500. The summed E-state index contributed by atoms with van der Waals surface area (Å²) in [5, 5.41) is 13.8. The van der Waals surface area contributed by atoms with Gasteiger partial charge in [-0.1, -0.05) is 12.1 Å². The third kappa shape index (κ3) is 3.57. The highest BCUT2D eigenvalue weighted by molar-refractivity contribution is 7.85. The first-order chi connectivity index (χ1) is 9.08. The monoisotopic (exact) mass is 286 g/mol. The molecular weight excluding hydrogens is 271 g/mol. The molecule has 0 aromatic heterocycles. The van der Waals surface area contributed by atoms with Crippen molar-refractivity contribution in [2.45, 2.75) is 25.4 Å². The fourth-order valence-electron chi connectivity index (χ4n) is 2.10. The van der Waals surface area contributed by atoms with E-state index >= 15 is 0 Å². The van der Waals surface area contributed by atoms with Crippen molar-refractivity contribution in [3.63, 3.8) is 0 Å². The predicted molar refractivity (Wildman–Crippen MR) is 70.8 cm³/mol. The van der Waals surface area contributed by atoms with E-state index in [1.807, 2.05) is 0 Å². The number of nitro benzene ring substituents is 1.